The van der Waals surface area contributed by atoms with E-state index in [4.69, 9.17) is 0 Å². The van der Waals surface area contributed by atoms with Crippen LogP contribution in [0.15, 0.2) is 0 Å². The second-order valence-corrected chi connectivity index (χ2v) is 5.24. The maximum atomic E-state index is 10.2. The average molecular weight is 227 g/mol. The van der Waals surface area contributed by atoms with Crippen molar-refractivity contribution >= 4 is 5.91 Å². The Hall–Kier alpha value is -0.530. The summed E-state index contributed by atoms with van der Waals surface area (Å²) in [5.41, 5.74) is 0. The molecule has 1 aliphatic rings. The summed E-state index contributed by atoms with van der Waals surface area (Å²) >= 11 is 0. The first-order valence-corrected chi connectivity index (χ1v) is 6.80. The van der Waals surface area contributed by atoms with Crippen molar-refractivity contribution in [2.24, 2.45) is 11.8 Å². The lowest BCUT2D eigenvalue weighted by atomic mass is 9.88. The summed E-state index contributed by atoms with van der Waals surface area (Å²) in [4.78, 5) is 10.2. The molecule has 0 aromatic heterocycles. The van der Waals surface area contributed by atoms with Crippen LogP contribution in [0, 0.1) is 11.8 Å². The van der Waals surface area contributed by atoms with Crippen LogP contribution in [0.3, 0.4) is 0 Å². The van der Waals surface area contributed by atoms with E-state index in [2.05, 4.69) is 26.1 Å². The molecule has 96 valence electrons. The molecule has 2 heteroatoms. The Bertz CT molecular complexity index is 172. The van der Waals surface area contributed by atoms with E-state index in [0.29, 0.717) is 5.92 Å². The molecule has 1 saturated carbocycles. The van der Waals surface area contributed by atoms with Gasteiger partial charge in [-0.1, -0.05) is 59.3 Å². The van der Waals surface area contributed by atoms with E-state index in [1.807, 2.05) is 0 Å². The number of carbonyl (C=O) groups is 1. The van der Waals surface area contributed by atoms with Gasteiger partial charge in [0.1, 0.15) is 0 Å². The summed E-state index contributed by atoms with van der Waals surface area (Å²) in [5, 5.41) is 2.71. The summed E-state index contributed by atoms with van der Waals surface area (Å²) in [6.45, 7) is 8.76. The first-order chi connectivity index (χ1) is 7.56. The molecule has 0 spiro atoms. The van der Waals surface area contributed by atoms with Crippen LogP contribution in [0.2, 0.25) is 0 Å². The van der Waals surface area contributed by atoms with Crippen molar-refractivity contribution in [2.75, 3.05) is 6.54 Å². The monoisotopic (exact) mass is 227 g/mol. The van der Waals surface area contributed by atoms with E-state index in [0.717, 1.165) is 12.5 Å². The molecule has 1 N–H and O–H groups in total. The Morgan fingerprint density at radius 3 is 2.06 bits per heavy atom. The number of hydrogen-bond acceptors (Lipinski definition) is 1. The summed E-state index contributed by atoms with van der Waals surface area (Å²) < 4.78 is 0. The van der Waals surface area contributed by atoms with E-state index < -0.39 is 0 Å². The maximum absolute atomic E-state index is 10.2. The van der Waals surface area contributed by atoms with Gasteiger partial charge < -0.3 is 5.32 Å². The smallest absolute Gasteiger partial charge is 0.216 e. The molecule has 0 aromatic carbocycles. The minimum atomic E-state index is 0.0544. The van der Waals surface area contributed by atoms with E-state index in [9.17, 15) is 4.79 Å². The van der Waals surface area contributed by atoms with Gasteiger partial charge in [-0.05, 0) is 11.8 Å². The van der Waals surface area contributed by atoms with Gasteiger partial charge in [0.25, 0.3) is 0 Å². The lowest BCUT2D eigenvalue weighted by Gasteiger charge is -2.18. The Morgan fingerprint density at radius 1 is 1.25 bits per heavy atom. The molecule has 0 saturated heterocycles. The summed E-state index contributed by atoms with van der Waals surface area (Å²) in [6, 6.07) is 0. The third-order valence-corrected chi connectivity index (χ3v) is 3.06. The van der Waals surface area contributed by atoms with Crippen LogP contribution in [-0.4, -0.2) is 12.5 Å². The van der Waals surface area contributed by atoms with Gasteiger partial charge in [0.05, 0.1) is 0 Å². The highest BCUT2D eigenvalue weighted by atomic mass is 16.1. The van der Waals surface area contributed by atoms with Gasteiger partial charge >= 0.3 is 0 Å². The van der Waals surface area contributed by atoms with Crippen LogP contribution in [0.1, 0.15) is 66.2 Å². The SMILES string of the molecule is CC(=O)NCC(C)C.CCC1CCCCC1. The zero-order chi connectivity index (χ0) is 12.4. The number of amides is 1. The van der Waals surface area contributed by atoms with Gasteiger partial charge in [-0.25, -0.2) is 0 Å². The largest absolute Gasteiger partial charge is 0.356 e. The highest BCUT2D eigenvalue weighted by Gasteiger charge is 2.09. The highest BCUT2D eigenvalue weighted by Crippen LogP contribution is 2.25. The van der Waals surface area contributed by atoms with E-state index >= 15 is 0 Å². The Labute approximate surface area is 101 Å². The van der Waals surface area contributed by atoms with Crippen molar-refractivity contribution in [1.82, 2.24) is 5.32 Å². The molecule has 0 unspecified atom stereocenters. The maximum Gasteiger partial charge on any atom is 0.216 e. The number of carbonyl (C=O) groups excluding carboxylic acids is 1. The Balaban J connectivity index is 0.000000281. The highest BCUT2D eigenvalue weighted by molar-refractivity contribution is 5.72. The molecule has 0 heterocycles. The van der Waals surface area contributed by atoms with Crippen LogP contribution in [-0.2, 0) is 4.79 Å². The van der Waals surface area contributed by atoms with E-state index in [-0.39, 0.29) is 5.91 Å². The van der Waals surface area contributed by atoms with Gasteiger partial charge in [0, 0.05) is 13.5 Å². The zero-order valence-corrected chi connectivity index (χ0v) is 11.5. The van der Waals surface area contributed by atoms with E-state index in [1.54, 1.807) is 0 Å². The molecule has 1 aliphatic carbocycles. The number of rotatable bonds is 3. The van der Waals surface area contributed by atoms with Gasteiger partial charge in [-0.3, -0.25) is 4.79 Å². The quantitative estimate of drug-likeness (QED) is 0.781. The topological polar surface area (TPSA) is 29.1 Å². The minimum Gasteiger partial charge on any atom is -0.356 e. The molecule has 0 radical (unpaired) electrons. The minimum absolute atomic E-state index is 0.0544. The first-order valence-electron chi connectivity index (χ1n) is 6.80. The standard InChI is InChI=1S/C8H16.C6H13NO/c1-2-8-6-4-3-5-7-8;1-5(2)4-7-6(3)8/h8H,2-7H2,1H3;5H,4H2,1-3H3,(H,7,8). The fourth-order valence-electron chi connectivity index (χ4n) is 1.94. The van der Waals surface area contributed by atoms with Gasteiger partial charge in [0.2, 0.25) is 5.91 Å². The van der Waals surface area contributed by atoms with Crippen molar-refractivity contribution in [3.63, 3.8) is 0 Å². The molecule has 0 aromatic rings. The van der Waals surface area contributed by atoms with Gasteiger partial charge in [-0.15, -0.1) is 0 Å². The molecule has 0 atom stereocenters. The van der Waals surface area contributed by atoms with Crippen molar-refractivity contribution in [3.8, 4) is 0 Å². The van der Waals surface area contributed by atoms with Crippen LogP contribution >= 0.6 is 0 Å². The molecular weight excluding hydrogens is 198 g/mol. The van der Waals surface area contributed by atoms with Crippen LogP contribution in [0.4, 0.5) is 0 Å². The molecule has 0 bridgehead atoms. The molecule has 1 amide bonds. The lowest BCUT2D eigenvalue weighted by molar-refractivity contribution is -0.119. The van der Waals surface area contributed by atoms with Crippen molar-refractivity contribution in [3.05, 3.63) is 0 Å². The van der Waals surface area contributed by atoms with Gasteiger partial charge in [0.15, 0.2) is 0 Å². The predicted octanol–water partition coefficient (Wildman–Crippen LogP) is 3.76. The summed E-state index contributed by atoms with van der Waals surface area (Å²) in [7, 11) is 0. The third-order valence-electron chi connectivity index (χ3n) is 3.06. The molecule has 1 fully saturated rings. The fraction of sp³-hybridized carbons (Fsp3) is 0.929. The van der Waals surface area contributed by atoms with Crippen molar-refractivity contribution in [1.29, 1.82) is 0 Å². The van der Waals surface area contributed by atoms with Crippen molar-refractivity contribution < 1.29 is 4.79 Å². The van der Waals surface area contributed by atoms with Crippen molar-refractivity contribution in [2.45, 2.75) is 66.2 Å². The third kappa shape index (κ3) is 10.0. The second-order valence-electron chi connectivity index (χ2n) is 5.24. The van der Waals surface area contributed by atoms with E-state index in [1.165, 1.54) is 45.4 Å². The number of hydrogen-bond donors (Lipinski definition) is 1. The Kier molecular flexibility index (Phi) is 9.36. The number of nitrogens with one attached hydrogen (secondary N) is 1. The predicted molar refractivity (Wildman–Crippen MR) is 70.4 cm³/mol. The van der Waals surface area contributed by atoms with Gasteiger partial charge in [-0.2, -0.15) is 0 Å². The fourth-order valence-corrected chi connectivity index (χ4v) is 1.94. The molecule has 0 aliphatic heterocycles. The van der Waals surface area contributed by atoms with Crippen LogP contribution in [0.5, 0.6) is 0 Å². The normalized spacial score (nSPS) is 16.6. The summed E-state index contributed by atoms with van der Waals surface area (Å²) in [5.74, 6) is 1.70. The molecule has 2 nitrogen and oxygen atoms in total. The zero-order valence-electron chi connectivity index (χ0n) is 11.5. The molecule has 16 heavy (non-hydrogen) atoms. The Morgan fingerprint density at radius 2 is 1.81 bits per heavy atom. The van der Waals surface area contributed by atoms with Crippen LogP contribution in [0.25, 0.3) is 0 Å². The molecule has 1 rings (SSSR count). The first kappa shape index (κ1) is 15.5. The average Bonchev–Trinajstić information content (AvgIpc) is 2.28. The molecular formula is C14H29NO. The second kappa shape index (κ2) is 9.68. The lowest BCUT2D eigenvalue weighted by Crippen LogP contribution is -2.24. The van der Waals surface area contributed by atoms with Crippen LogP contribution < -0.4 is 5.32 Å². The summed E-state index contributed by atoms with van der Waals surface area (Å²) in [6.07, 6.45) is 8.93.